The van der Waals surface area contributed by atoms with E-state index in [9.17, 15) is 13.2 Å². The van der Waals surface area contributed by atoms with Crippen molar-refractivity contribution in [1.29, 1.82) is 0 Å². The van der Waals surface area contributed by atoms with E-state index in [4.69, 9.17) is 11.6 Å². The van der Waals surface area contributed by atoms with Crippen LogP contribution in [0, 0.1) is 0 Å². The lowest BCUT2D eigenvalue weighted by Crippen LogP contribution is -2.07. The van der Waals surface area contributed by atoms with Crippen LogP contribution in [0.1, 0.15) is 21.4 Å². The molecule has 0 saturated carbocycles. The average Bonchev–Trinajstić information content (AvgIpc) is 2.74. The summed E-state index contributed by atoms with van der Waals surface area (Å²) < 4.78 is 39.4. The van der Waals surface area contributed by atoms with Crippen molar-refractivity contribution in [1.82, 2.24) is 0 Å². The highest BCUT2D eigenvalue weighted by molar-refractivity contribution is 9.11. The predicted octanol–water partition coefficient (Wildman–Crippen LogP) is 6.62. The first-order valence-corrected chi connectivity index (χ1v) is 7.89. The summed E-state index contributed by atoms with van der Waals surface area (Å²) in [6.07, 6.45) is -4.40. The van der Waals surface area contributed by atoms with E-state index in [0.717, 1.165) is 14.7 Å². The third kappa shape index (κ3) is 3.54. The van der Waals surface area contributed by atoms with Crippen molar-refractivity contribution >= 4 is 54.8 Å². The van der Waals surface area contributed by atoms with Gasteiger partial charge in [0.2, 0.25) is 0 Å². The van der Waals surface area contributed by atoms with Crippen LogP contribution in [0.3, 0.4) is 0 Å². The third-order valence-corrected chi connectivity index (χ3v) is 5.43. The summed E-state index contributed by atoms with van der Waals surface area (Å²) in [7, 11) is 0. The molecule has 0 spiro atoms. The lowest BCUT2D eigenvalue weighted by molar-refractivity contribution is -0.138. The fraction of sp³-hybridized carbons (Fsp3) is 0.167. The van der Waals surface area contributed by atoms with Gasteiger partial charge in [0, 0.05) is 9.35 Å². The smallest absolute Gasteiger partial charge is 0.166 e. The monoisotopic (exact) mass is 432 g/mol. The zero-order valence-corrected chi connectivity index (χ0v) is 13.9. The molecule has 0 bridgehead atoms. The van der Waals surface area contributed by atoms with E-state index in [1.165, 1.54) is 17.4 Å². The molecule has 0 aliphatic rings. The molecule has 1 aromatic heterocycles. The van der Waals surface area contributed by atoms with Crippen LogP contribution in [0.15, 0.2) is 38.6 Å². The zero-order chi connectivity index (χ0) is 14.2. The molecule has 0 aliphatic carbocycles. The van der Waals surface area contributed by atoms with E-state index in [-0.39, 0.29) is 4.47 Å². The van der Waals surface area contributed by atoms with Crippen LogP contribution in [-0.4, -0.2) is 0 Å². The summed E-state index contributed by atoms with van der Waals surface area (Å²) in [5.74, 6) is 0. The standard InChI is InChI=1S/C12H6Br2ClF3S/c13-8-2-1-6(5-7(8)12(16,17)18)11(15)9-3-4-10(14)19-9/h1-5,11H. The number of thiophene rings is 1. The van der Waals surface area contributed by atoms with E-state index >= 15 is 0 Å². The molecule has 0 N–H and O–H groups in total. The van der Waals surface area contributed by atoms with Gasteiger partial charge in [-0.2, -0.15) is 13.2 Å². The Balaban J connectivity index is 2.41. The fourth-order valence-electron chi connectivity index (χ4n) is 1.55. The summed E-state index contributed by atoms with van der Waals surface area (Å²) in [6, 6.07) is 7.65. The van der Waals surface area contributed by atoms with Gasteiger partial charge < -0.3 is 0 Å². The van der Waals surface area contributed by atoms with Gasteiger partial charge in [-0.25, -0.2) is 0 Å². The SMILES string of the molecule is FC(F)(F)c1cc(C(Cl)c2ccc(Br)s2)ccc1Br. The first kappa shape index (κ1) is 15.4. The van der Waals surface area contributed by atoms with Crippen molar-refractivity contribution in [3.63, 3.8) is 0 Å². The Morgan fingerprint density at radius 2 is 1.79 bits per heavy atom. The minimum Gasteiger partial charge on any atom is -0.166 e. The molecule has 0 aliphatic heterocycles. The van der Waals surface area contributed by atoms with Gasteiger partial charge in [-0.1, -0.05) is 22.0 Å². The quantitative estimate of drug-likeness (QED) is 0.466. The van der Waals surface area contributed by atoms with Crippen LogP contribution in [0.4, 0.5) is 13.2 Å². The highest BCUT2D eigenvalue weighted by Gasteiger charge is 2.33. The summed E-state index contributed by atoms with van der Waals surface area (Å²) >= 11 is 13.8. The number of alkyl halides is 4. The summed E-state index contributed by atoms with van der Waals surface area (Å²) in [6.45, 7) is 0. The Labute approximate surface area is 133 Å². The van der Waals surface area contributed by atoms with Crippen molar-refractivity contribution in [3.05, 3.63) is 54.6 Å². The highest BCUT2D eigenvalue weighted by atomic mass is 79.9. The van der Waals surface area contributed by atoms with E-state index in [1.54, 1.807) is 12.1 Å². The van der Waals surface area contributed by atoms with Crippen LogP contribution in [0.25, 0.3) is 0 Å². The van der Waals surface area contributed by atoms with Gasteiger partial charge in [0.25, 0.3) is 0 Å². The zero-order valence-electron chi connectivity index (χ0n) is 9.14. The normalized spacial score (nSPS) is 13.6. The molecular weight excluding hydrogens is 428 g/mol. The Bertz CT molecular complexity index is 595. The number of hydrogen-bond donors (Lipinski definition) is 0. The van der Waals surface area contributed by atoms with Crippen LogP contribution < -0.4 is 0 Å². The molecule has 2 aromatic rings. The molecular formula is C12H6Br2ClF3S. The Morgan fingerprint density at radius 3 is 2.32 bits per heavy atom. The molecule has 1 atom stereocenters. The van der Waals surface area contributed by atoms with Crippen LogP contribution in [-0.2, 0) is 6.18 Å². The first-order valence-electron chi connectivity index (χ1n) is 5.05. The average molecular weight is 435 g/mol. The molecule has 19 heavy (non-hydrogen) atoms. The summed E-state index contributed by atoms with van der Waals surface area (Å²) in [4.78, 5) is 0.795. The molecule has 102 valence electrons. The first-order chi connectivity index (χ1) is 8.79. The maximum absolute atomic E-state index is 12.8. The van der Waals surface area contributed by atoms with E-state index in [0.29, 0.717) is 5.56 Å². The van der Waals surface area contributed by atoms with Gasteiger partial charge in [-0.05, 0) is 45.8 Å². The molecule has 0 amide bonds. The number of rotatable bonds is 2. The molecule has 1 heterocycles. The maximum atomic E-state index is 12.8. The van der Waals surface area contributed by atoms with Crippen molar-refractivity contribution in [2.45, 2.75) is 11.6 Å². The molecule has 0 radical (unpaired) electrons. The van der Waals surface area contributed by atoms with E-state index in [1.807, 2.05) is 6.07 Å². The van der Waals surface area contributed by atoms with Gasteiger partial charge in [-0.3, -0.25) is 0 Å². The summed E-state index contributed by atoms with van der Waals surface area (Å²) in [5, 5.41) is -0.592. The minimum atomic E-state index is -4.40. The van der Waals surface area contributed by atoms with Gasteiger partial charge in [0.1, 0.15) is 0 Å². The van der Waals surface area contributed by atoms with Crippen LogP contribution in [0.5, 0.6) is 0 Å². The van der Waals surface area contributed by atoms with Gasteiger partial charge in [-0.15, -0.1) is 22.9 Å². The molecule has 7 heteroatoms. The fourth-order valence-corrected chi connectivity index (χ4v) is 3.79. The molecule has 2 rings (SSSR count). The molecule has 0 fully saturated rings. The Morgan fingerprint density at radius 1 is 1.11 bits per heavy atom. The Hall–Kier alpha value is -0.0400. The Kier molecular flexibility index (Phi) is 4.65. The summed E-state index contributed by atoms with van der Waals surface area (Å²) in [5.41, 5.74) is -0.294. The molecule has 1 aromatic carbocycles. The van der Waals surface area contributed by atoms with E-state index < -0.39 is 17.1 Å². The highest BCUT2D eigenvalue weighted by Crippen LogP contribution is 2.40. The minimum absolute atomic E-state index is 0.0139. The maximum Gasteiger partial charge on any atom is 0.417 e. The molecule has 1 unspecified atom stereocenters. The van der Waals surface area contributed by atoms with Crippen molar-refractivity contribution in [2.24, 2.45) is 0 Å². The van der Waals surface area contributed by atoms with Gasteiger partial charge in [0.15, 0.2) is 0 Å². The lowest BCUT2D eigenvalue weighted by atomic mass is 10.1. The molecule has 0 nitrogen and oxygen atoms in total. The third-order valence-electron chi connectivity index (χ3n) is 2.43. The van der Waals surface area contributed by atoms with Crippen LogP contribution in [0.2, 0.25) is 0 Å². The second-order valence-electron chi connectivity index (χ2n) is 3.74. The molecule has 0 saturated heterocycles. The van der Waals surface area contributed by atoms with E-state index in [2.05, 4.69) is 31.9 Å². The van der Waals surface area contributed by atoms with Crippen molar-refractivity contribution in [2.75, 3.05) is 0 Å². The largest absolute Gasteiger partial charge is 0.417 e. The lowest BCUT2D eigenvalue weighted by Gasteiger charge is -2.13. The number of halogens is 6. The number of hydrogen-bond acceptors (Lipinski definition) is 1. The van der Waals surface area contributed by atoms with Gasteiger partial charge >= 0.3 is 6.18 Å². The van der Waals surface area contributed by atoms with Crippen molar-refractivity contribution < 1.29 is 13.2 Å². The van der Waals surface area contributed by atoms with Crippen molar-refractivity contribution in [3.8, 4) is 0 Å². The predicted molar refractivity (Wildman–Crippen MR) is 78.9 cm³/mol. The van der Waals surface area contributed by atoms with Crippen LogP contribution >= 0.6 is 54.8 Å². The van der Waals surface area contributed by atoms with Gasteiger partial charge in [0.05, 0.1) is 14.7 Å². The second-order valence-corrected chi connectivity index (χ2v) is 7.53. The number of benzene rings is 1. The second kappa shape index (κ2) is 5.76. The topological polar surface area (TPSA) is 0 Å².